The number of nitrogens with zero attached hydrogens (tertiary/aromatic N) is 1. The number of alkyl halides is 3. The Bertz CT molecular complexity index is 868. The zero-order chi connectivity index (χ0) is 23.2. The lowest BCUT2D eigenvalue weighted by atomic mass is 9.79. The number of carbonyl (C=O) groups is 2. The van der Waals surface area contributed by atoms with E-state index in [1.165, 1.54) is 4.90 Å². The number of fused-ring (bicyclic) bond motifs is 1. The monoisotopic (exact) mass is 445 g/mol. The summed E-state index contributed by atoms with van der Waals surface area (Å²) in [5.41, 5.74) is -2.60. The quantitative estimate of drug-likeness (QED) is 0.619. The highest BCUT2D eigenvalue weighted by Gasteiger charge is 2.57. The number of rotatable bonds is 4. The first-order valence-electron chi connectivity index (χ1n) is 10.1. The molecule has 2 aliphatic rings. The van der Waals surface area contributed by atoms with Crippen molar-refractivity contribution >= 4 is 12.0 Å². The lowest BCUT2D eigenvalue weighted by molar-refractivity contribution is -0.137. The van der Waals surface area contributed by atoms with Gasteiger partial charge in [0.2, 0.25) is 5.91 Å². The van der Waals surface area contributed by atoms with E-state index in [1.54, 1.807) is 20.8 Å². The van der Waals surface area contributed by atoms with E-state index >= 15 is 0 Å². The molecule has 1 aliphatic heterocycles. The molecule has 2 fully saturated rings. The Morgan fingerprint density at radius 1 is 1.26 bits per heavy atom. The Hall–Kier alpha value is -2.36. The number of amides is 2. The molecule has 0 radical (unpaired) electrons. The van der Waals surface area contributed by atoms with Gasteiger partial charge < -0.3 is 20.6 Å². The van der Waals surface area contributed by atoms with Crippen LogP contribution >= 0.6 is 0 Å². The minimum Gasteiger partial charge on any atom is -0.465 e. The standard InChI is InChI=1S/C21H27F4N3O3/c1-19(2,3)28(18(30)31)16-7-14-10-26-11-20(14,8-16)17(29)27-9-12-4-13(21(23,24)25)6-15(22)5-12/h4-6,14,16,26H,7-11H2,1-3H3,(H,27,29)(H,30,31)/t14-,16+,20-/m0/s1. The molecule has 1 aromatic rings. The summed E-state index contributed by atoms with van der Waals surface area (Å²) in [5.74, 6) is -1.48. The summed E-state index contributed by atoms with van der Waals surface area (Å²) in [6, 6.07) is 1.84. The molecule has 2 amide bonds. The third kappa shape index (κ3) is 4.63. The summed E-state index contributed by atoms with van der Waals surface area (Å²) >= 11 is 0. The Morgan fingerprint density at radius 2 is 1.94 bits per heavy atom. The number of hydrogen-bond donors (Lipinski definition) is 3. The van der Waals surface area contributed by atoms with E-state index in [2.05, 4.69) is 10.6 Å². The molecule has 0 unspecified atom stereocenters. The number of carbonyl (C=O) groups excluding carboxylic acids is 1. The SMILES string of the molecule is CC(C)(C)N(C(=O)O)[C@@H]1C[C@H]2CNC[C@@]2(C(=O)NCc2cc(F)cc(C(F)(F)F)c2)C1. The Balaban J connectivity index is 1.77. The van der Waals surface area contributed by atoms with Crippen molar-refractivity contribution in [3.63, 3.8) is 0 Å². The van der Waals surface area contributed by atoms with Gasteiger partial charge in [0.1, 0.15) is 5.82 Å². The van der Waals surface area contributed by atoms with Crippen molar-refractivity contribution in [3.8, 4) is 0 Å². The molecular weight excluding hydrogens is 418 g/mol. The first kappa shape index (κ1) is 23.3. The molecule has 1 saturated carbocycles. The van der Waals surface area contributed by atoms with Crippen molar-refractivity contribution in [1.29, 1.82) is 0 Å². The van der Waals surface area contributed by atoms with E-state index in [-0.39, 0.29) is 30.0 Å². The van der Waals surface area contributed by atoms with Gasteiger partial charge in [0.25, 0.3) is 0 Å². The van der Waals surface area contributed by atoms with Gasteiger partial charge in [-0.25, -0.2) is 9.18 Å². The number of carboxylic acid groups (broad SMARTS) is 1. The maximum Gasteiger partial charge on any atom is 0.416 e. The summed E-state index contributed by atoms with van der Waals surface area (Å²) in [7, 11) is 0. The van der Waals surface area contributed by atoms with Crippen molar-refractivity contribution in [2.45, 2.75) is 57.9 Å². The first-order valence-corrected chi connectivity index (χ1v) is 10.1. The third-order valence-electron chi connectivity index (χ3n) is 6.25. The van der Waals surface area contributed by atoms with Crippen LogP contribution in [-0.2, 0) is 17.5 Å². The van der Waals surface area contributed by atoms with Crippen LogP contribution in [0.1, 0.15) is 44.7 Å². The molecule has 1 aliphatic carbocycles. The normalized spacial score (nSPS) is 25.9. The first-order chi connectivity index (χ1) is 14.2. The highest BCUT2D eigenvalue weighted by Crippen LogP contribution is 2.49. The zero-order valence-electron chi connectivity index (χ0n) is 17.6. The molecule has 0 spiro atoms. The third-order valence-corrected chi connectivity index (χ3v) is 6.25. The van der Waals surface area contributed by atoms with Crippen molar-refractivity contribution in [1.82, 2.24) is 15.5 Å². The van der Waals surface area contributed by atoms with Crippen LogP contribution in [0.2, 0.25) is 0 Å². The molecule has 1 aromatic carbocycles. The molecule has 3 rings (SSSR count). The molecule has 1 heterocycles. The van der Waals surface area contributed by atoms with Crippen LogP contribution in [0.25, 0.3) is 0 Å². The molecule has 0 aromatic heterocycles. The average molecular weight is 445 g/mol. The van der Waals surface area contributed by atoms with Crippen molar-refractivity contribution in [2.24, 2.45) is 11.3 Å². The summed E-state index contributed by atoms with van der Waals surface area (Å²) in [4.78, 5) is 26.4. The fourth-order valence-corrected chi connectivity index (χ4v) is 5.01. The Labute approximate surface area is 178 Å². The van der Waals surface area contributed by atoms with Gasteiger partial charge in [-0.2, -0.15) is 13.2 Å². The summed E-state index contributed by atoms with van der Waals surface area (Å²) in [6.07, 6.45) is -4.91. The highest BCUT2D eigenvalue weighted by atomic mass is 19.4. The summed E-state index contributed by atoms with van der Waals surface area (Å²) in [5, 5.41) is 15.5. The molecule has 3 atom stereocenters. The van der Waals surface area contributed by atoms with Crippen LogP contribution in [0.15, 0.2) is 18.2 Å². The van der Waals surface area contributed by atoms with E-state index in [1.807, 2.05) is 0 Å². The number of nitrogens with one attached hydrogen (secondary N) is 2. The molecule has 172 valence electrons. The molecule has 3 N–H and O–H groups in total. The van der Waals surface area contributed by atoms with E-state index in [9.17, 15) is 32.3 Å². The fraction of sp³-hybridized carbons (Fsp3) is 0.619. The second kappa shape index (κ2) is 7.96. The fourth-order valence-electron chi connectivity index (χ4n) is 5.01. The van der Waals surface area contributed by atoms with Gasteiger partial charge in [0, 0.05) is 24.7 Å². The number of hydrogen-bond acceptors (Lipinski definition) is 3. The van der Waals surface area contributed by atoms with Crippen molar-refractivity contribution in [3.05, 3.63) is 35.1 Å². The lowest BCUT2D eigenvalue weighted by Crippen LogP contribution is -2.51. The van der Waals surface area contributed by atoms with Crippen LogP contribution < -0.4 is 10.6 Å². The lowest BCUT2D eigenvalue weighted by Gasteiger charge is -2.39. The maximum atomic E-state index is 13.6. The van der Waals surface area contributed by atoms with E-state index in [4.69, 9.17) is 0 Å². The minimum absolute atomic E-state index is 0.0102. The van der Waals surface area contributed by atoms with Crippen LogP contribution in [0.3, 0.4) is 0 Å². The van der Waals surface area contributed by atoms with Crippen LogP contribution in [-0.4, -0.2) is 46.7 Å². The van der Waals surface area contributed by atoms with Gasteiger partial charge in [-0.05, 0) is 69.8 Å². The Morgan fingerprint density at radius 3 is 2.52 bits per heavy atom. The summed E-state index contributed by atoms with van der Waals surface area (Å²) < 4.78 is 52.4. The van der Waals surface area contributed by atoms with Crippen molar-refractivity contribution < 1.29 is 32.3 Å². The largest absolute Gasteiger partial charge is 0.465 e. The number of halogens is 4. The second-order valence-corrected chi connectivity index (χ2v) is 9.43. The van der Waals surface area contributed by atoms with E-state index < -0.39 is 34.6 Å². The zero-order valence-corrected chi connectivity index (χ0v) is 17.6. The van der Waals surface area contributed by atoms with Crippen LogP contribution in [0, 0.1) is 17.2 Å². The van der Waals surface area contributed by atoms with Crippen LogP contribution in [0.4, 0.5) is 22.4 Å². The molecule has 31 heavy (non-hydrogen) atoms. The molecular formula is C21H27F4N3O3. The molecule has 1 saturated heterocycles. The molecule has 0 bridgehead atoms. The minimum atomic E-state index is -4.69. The predicted molar refractivity (Wildman–Crippen MR) is 105 cm³/mol. The van der Waals surface area contributed by atoms with Gasteiger partial charge in [0.05, 0.1) is 11.0 Å². The molecule has 10 heteroatoms. The smallest absolute Gasteiger partial charge is 0.416 e. The molecule has 6 nitrogen and oxygen atoms in total. The maximum absolute atomic E-state index is 13.6. The Kier molecular flexibility index (Phi) is 5.98. The van der Waals surface area contributed by atoms with Crippen LogP contribution in [0.5, 0.6) is 0 Å². The van der Waals surface area contributed by atoms with E-state index in [0.717, 1.165) is 12.1 Å². The van der Waals surface area contributed by atoms with Gasteiger partial charge in [-0.3, -0.25) is 4.79 Å². The average Bonchev–Trinajstić information content (AvgIpc) is 3.15. The van der Waals surface area contributed by atoms with Gasteiger partial charge >= 0.3 is 12.3 Å². The predicted octanol–water partition coefficient (Wildman–Crippen LogP) is 3.61. The number of benzene rings is 1. The highest BCUT2D eigenvalue weighted by molar-refractivity contribution is 5.84. The van der Waals surface area contributed by atoms with Gasteiger partial charge in [0.15, 0.2) is 0 Å². The van der Waals surface area contributed by atoms with E-state index in [0.29, 0.717) is 32.0 Å². The van der Waals surface area contributed by atoms with Gasteiger partial charge in [-0.15, -0.1) is 0 Å². The summed E-state index contributed by atoms with van der Waals surface area (Å²) in [6.45, 7) is 6.04. The topological polar surface area (TPSA) is 81.7 Å². The van der Waals surface area contributed by atoms with Crippen molar-refractivity contribution in [2.75, 3.05) is 13.1 Å². The van der Waals surface area contributed by atoms with Gasteiger partial charge in [-0.1, -0.05) is 0 Å². The second-order valence-electron chi connectivity index (χ2n) is 9.43.